The summed E-state index contributed by atoms with van der Waals surface area (Å²) in [7, 11) is 0. The predicted octanol–water partition coefficient (Wildman–Crippen LogP) is 4.12. The van der Waals surface area contributed by atoms with E-state index in [1.165, 1.54) is 25.7 Å². The van der Waals surface area contributed by atoms with Crippen LogP contribution in [0.2, 0.25) is 0 Å². The molecular formula is C32H43N9O3. The largest absolute Gasteiger partial charge is 0.444 e. The number of hydrogen-bond donors (Lipinski definition) is 0. The Bertz CT molecular complexity index is 1460. The van der Waals surface area contributed by atoms with Gasteiger partial charge in [-0.05, 0) is 71.3 Å². The van der Waals surface area contributed by atoms with Crippen molar-refractivity contribution in [3.05, 3.63) is 42.5 Å². The molecule has 4 fully saturated rings. The van der Waals surface area contributed by atoms with Crippen LogP contribution in [0.1, 0.15) is 64.9 Å². The number of aromatic nitrogens is 6. The molecule has 1 atom stereocenters. The number of rotatable bonds is 8. The predicted molar refractivity (Wildman–Crippen MR) is 166 cm³/mol. The van der Waals surface area contributed by atoms with Crippen LogP contribution in [-0.4, -0.2) is 98.5 Å². The van der Waals surface area contributed by atoms with Crippen LogP contribution in [-0.2, 0) is 15.0 Å². The van der Waals surface area contributed by atoms with E-state index in [1.807, 2.05) is 48.9 Å². The zero-order valence-electron chi connectivity index (χ0n) is 26.1. The van der Waals surface area contributed by atoms with Gasteiger partial charge in [0.25, 0.3) is 0 Å². The minimum absolute atomic E-state index is 0.104. The summed E-state index contributed by atoms with van der Waals surface area (Å²) in [6.45, 7) is 11.2. The van der Waals surface area contributed by atoms with Crippen LogP contribution in [0.25, 0.3) is 11.4 Å². The molecule has 0 unspecified atom stereocenters. The van der Waals surface area contributed by atoms with Crippen LogP contribution < -0.4 is 9.80 Å². The maximum Gasteiger partial charge on any atom is 0.410 e. The molecule has 4 aliphatic rings. The number of amides is 1. The molecule has 12 nitrogen and oxygen atoms in total. The fourth-order valence-electron chi connectivity index (χ4n) is 6.43. The minimum atomic E-state index is -0.512. The van der Waals surface area contributed by atoms with Crippen molar-refractivity contribution in [1.82, 2.24) is 34.8 Å². The third-order valence-corrected chi connectivity index (χ3v) is 9.15. The quantitative estimate of drug-likeness (QED) is 0.374. The van der Waals surface area contributed by atoms with Gasteiger partial charge in [0, 0.05) is 44.5 Å². The van der Waals surface area contributed by atoms with Crippen LogP contribution in [0.3, 0.4) is 0 Å². The first-order chi connectivity index (χ1) is 21.3. The maximum atomic E-state index is 13.2. The lowest BCUT2D eigenvalue weighted by molar-refractivity contribution is -0.0831. The Balaban J connectivity index is 1.06. The second-order valence-electron chi connectivity index (χ2n) is 13.8. The molecular weight excluding hydrogens is 558 g/mol. The lowest BCUT2D eigenvalue weighted by atomic mass is 9.89. The average molecular weight is 602 g/mol. The number of hydrogen-bond acceptors (Lipinski definition) is 10. The van der Waals surface area contributed by atoms with E-state index in [0.717, 1.165) is 62.8 Å². The Labute approximate surface area is 258 Å². The van der Waals surface area contributed by atoms with Gasteiger partial charge in [-0.15, -0.1) is 5.10 Å². The van der Waals surface area contributed by atoms with Gasteiger partial charge in [-0.3, -0.25) is 4.98 Å². The summed E-state index contributed by atoms with van der Waals surface area (Å²) in [6.07, 6.45) is 14.0. The Morgan fingerprint density at radius 2 is 1.80 bits per heavy atom. The lowest BCUT2D eigenvalue weighted by Crippen LogP contribution is -2.53. The molecule has 0 N–H and O–H groups in total. The summed E-state index contributed by atoms with van der Waals surface area (Å²) < 4.78 is 13.4. The number of nitrogens with zero attached hydrogens (tertiary/aromatic N) is 9. The van der Waals surface area contributed by atoms with Crippen LogP contribution in [0.4, 0.5) is 16.4 Å². The Morgan fingerprint density at radius 3 is 2.48 bits per heavy atom. The van der Waals surface area contributed by atoms with E-state index < -0.39 is 11.1 Å². The molecule has 0 aromatic carbocycles. The summed E-state index contributed by atoms with van der Waals surface area (Å²) in [5.41, 5.74) is 1.44. The second-order valence-corrected chi connectivity index (χ2v) is 13.8. The SMILES string of the molecule is CC(C)(C)OC(=O)N(CC1CC1)[C@@H]1CCCN(c2ccc(C3(n4cc(-c5cncc(N6CCCC6)n5)nn4)COC3)cn2)C1. The van der Waals surface area contributed by atoms with Crippen molar-refractivity contribution in [2.45, 2.75) is 76.5 Å². The Morgan fingerprint density at radius 1 is 1.00 bits per heavy atom. The van der Waals surface area contributed by atoms with E-state index in [-0.39, 0.29) is 12.1 Å². The number of pyridine rings is 1. The molecule has 3 aromatic heterocycles. The second kappa shape index (κ2) is 11.6. The fourth-order valence-corrected chi connectivity index (χ4v) is 6.43. The normalized spacial score (nSPS) is 21.7. The molecule has 1 saturated carbocycles. The van der Waals surface area contributed by atoms with Crippen LogP contribution in [0.5, 0.6) is 0 Å². The Kier molecular flexibility index (Phi) is 7.63. The molecule has 0 bridgehead atoms. The molecule has 3 aromatic rings. The number of piperidine rings is 1. The molecule has 3 aliphatic heterocycles. The molecule has 6 heterocycles. The molecule has 0 spiro atoms. The summed E-state index contributed by atoms with van der Waals surface area (Å²) >= 11 is 0. The monoisotopic (exact) mass is 601 g/mol. The molecule has 7 rings (SSSR count). The smallest absolute Gasteiger partial charge is 0.410 e. The first-order valence-electron chi connectivity index (χ1n) is 16.1. The van der Waals surface area contributed by atoms with Gasteiger partial charge in [0.1, 0.15) is 34.2 Å². The number of carbonyl (C=O) groups excluding carboxylic acids is 1. The average Bonchev–Trinajstić information content (AvgIpc) is 3.41. The van der Waals surface area contributed by atoms with Crippen molar-refractivity contribution >= 4 is 17.7 Å². The van der Waals surface area contributed by atoms with E-state index in [9.17, 15) is 4.79 Å². The summed E-state index contributed by atoms with van der Waals surface area (Å²) in [5.74, 6) is 2.39. The molecule has 3 saturated heterocycles. The van der Waals surface area contributed by atoms with Crippen molar-refractivity contribution in [3.63, 3.8) is 0 Å². The van der Waals surface area contributed by atoms with Crippen LogP contribution in [0.15, 0.2) is 36.9 Å². The first-order valence-corrected chi connectivity index (χ1v) is 16.1. The van der Waals surface area contributed by atoms with Crippen molar-refractivity contribution in [2.75, 3.05) is 55.7 Å². The topological polar surface area (TPSA) is 115 Å². The maximum absolute atomic E-state index is 13.2. The third-order valence-electron chi connectivity index (χ3n) is 9.15. The standard InChI is InChI=1S/C32H43N9O3/c1-31(2,3)44-30(42)40(18-23-8-9-23)25-7-6-14-39(19-25)28-11-10-24(15-34-28)32(21-43-22-32)41-20-27(36-37-41)26-16-33-17-29(35-26)38-12-4-5-13-38/h10-11,15-17,20,23,25H,4-9,12-14,18-19,21-22H2,1-3H3/t25-/m1/s1. The minimum Gasteiger partial charge on any atom is -0.444 e. The first kappa shape index (κ1) is 28.9. The van der Waals surface area contributed by atoms with E-state index in [0.29, 0.717) is 30.5 Å². The highest BCUT2D eigenvalue weighted by atomic mass is 16.6. The van der Waals surface area contributed by atoms with Crippen LogP contribution in [0, 0.1) is 5.92 Å². The third kappa shape index (κ3) is 5.96. The zero-order valence-corrected chi connectivity index (χ0v) is 26.1. The van der Waals surface area contributed by atoms with Crippen molar-refractivity contribution in [2.24, 2.45) is 5.92 Å². The number of ether oxygens (including phenoxy) is 2. The molecule has 234 valence electrons. The number of carbonyl (C=O) groups is 1. The van der Waals surface area contributed by atoms with E-state index in [2.05, 4.69) is 37.2 Å². The van der Waals surface area contributed by atoms with Gasteiger partial charge in [0.2, 0.25) is 0 Å². The van der Waals surface area contributed by atoms with Crippen molar-refractivity contribution in [3.8, 4) is 11.4 Å². The fraction of sp³-hybridized carbons (Fsp3) is 0.625. The van der Waals surface area contributed by atoms with E-state index in [1.54, 1.807) is 6.20 Å². The summed E-state index contributed by atoms with van der Waals surface area (Å²) in [4.78, 5) is 33.9. The van der Waals surface area contributed by atoms with E-state index in [4.69, 9.17) is 19.4 Å². The zero-order chi connectivity index (χ0) is 30.3. The number of anilines is 2. The molecule has 0 radical (unpaired) electrons. The van der Waals surface area contributed by atoms with Crippen molar-refractivity contribution in [1.29, 1.82) is 0 Å². The summed E-state index contributed by atoms with van der Waals surface area (Å²) in [6, 6.07) is 4.31. The molecule has 1 aliphatic carbocycles. The highest BCUT2D eigenvalue weighted by molar-refractivity contribution is 5.69. The van der Waals surface area contributed by atoms with Gasteiger partial charge in [-0.25, -0.2) is 19.4 Å². The van der Waals surface area contributed by atoms with Gasteiger partial charge in [0.05, 0.1) is 37.8 Å². The van der Waals surface area contributed by atoms with Gasteiger partial charge < -0.3 is 24.2 Å². The summed E-state index contributed by atoms with van der Waals surface area (Å²) in [5, 5.41) is 8.99. The molecule has 44 heavy (non-hydrogen) atoms. The lowest BCUT2D eigenvalue weighted by Gasteiger charge is -2.42. The Hall–Kier alpha value is -3.80. The molecule has 1 amide bonds. The highest BCUT2D eigenvalue weighted by Gasteiger charge is 2.44. The highest BCUT2D eigenvalue weighted by Crippen LogP contribution is 2.36. The van der Waals surface area contributed by atoms with Crippen molar-refractivity contribution < 1.29 is 14.3 Å². The van der Waals surface area contributed by atoms with Gasteiger partial charge in [0.15, 0.2) is 0 Å². The van der Waals surface area contributed by atoms with Gasteiger partial charge in [-0.1, -0.05) is 11.3 Å². The van der Waals surface area contributed by atoms with Crippen LogP contribution >= 0.6 is 0 Å². The van der Waals surface area contributed by atoms with Gasteiger partial charge >= 0.3 is 6.09 Å². The van der Waals surface area contributed by atoms with Gasteiger partial charge in [-0.2, -0.15) is 0 Å². The van der Waals surface area contributed by atoms with E-state index >= 15 is 0 Å². The molecule has 12 heteroatoms.